The zero-order chi connectivity index (χ0) is 24.6. The van der Waals surface area contributed by atoms with Crippen LogP contribution in [0.1, 0.15) is 18.1 Å². The van der Waals surface area contributed by atoms with Crippen LogP contribution < -0.4 is 14.8 Å². The van der Waals surface area contributed by atoms with E-state index in [-0.39, 0.29) is 5.57 Å². The maximum absolute atomic E-state index is 12.9. The number of hydrogen-bond acceptors (Lipinski definition) is 4. The number of hydrogen-bond donors (Lipinski definition) is 1. The molecule has 0 heterocycles. The van der Waals surface area contributed by atoms with Crippen molar-refractivity contribution in [2.45, 2.75) is 13.5 Å². The van der Waals surface area contributed by atoms with E-state index in [4.69, 9.17) is 21.1 Å². The van der Waals surface area contributed by atoms with E-state index in [1.807, 2.05) is 79.7 Å². The number of carbonyl (C=O) groups excluding carboxylic acids is 1. The van der Waals surface area contributed by atoms with Crippen LogP contribution in [0.4, 0.5) is 5.69 Å². The Morgan fingerprint density at radius 3 is 2.51 bits per heavy atom. The summed E-state index contributed by atoms with van der Waals surface area (Å²) in [4.78, 5) is 12.9. The maximum atomic E-state index is 12.9. The van der Waals surface area contributed by atoms with Gasteiger partial charge in [0, 0.05) is 11.1 Å². The fourth-order valence-electron chi connectivity index (χ4n) is 3.64. The molecule has 5 nitrogen and oxygen atoms in total. The number of halogens is 1. The minimum Gasteiger partial charge on any atom is -0.490 e. The van der Waals surface area contributed by atoms with Crippen LogP contribution in [0.3, 0.4) is 0 Å². The van der Waals surface area contributed by atoms with Gasteiger partial charge in [0.2, 0.25) is 0 Å². The van der Waals surface area contributed by atoms with E-state index < -0.39 is 5.91 Å². The van der Waals surface area contributed by atoms with Crippen molar-refractivity contribution in [1.29, 1.82) is 5.26 Å². The molecular formula is C29H23ClN2O3. The van der Waals surface area contributed by atoms with Gasteiger partial charge in [-0.05, 0) is 47.7 Å². The van der Waals surface area contributed by atoms with E-state index in [0.29, 0.717) is 41.0 Å². The lowest BCUT2D eigenvalue weighted by molar-refractivity contribution is -0.112. The molecule has 0 atom stereocenters. The molecule has 35 heavy (non-hydrogen) atoms. The molecule has 4 rings (SSSR count). The standard InChI is InChI=1S/C29H23ClN2O3/c1-2-34-27-17-21(16-25(30)28(27)35-19-20-9-4-3-5-10-20)15-23(18-31)29(33)32-26-14-8-12-22-11-6-7-13-24(22)26/h3-17H,2,19H2,1H3,(H,32,33)/b23-15+. The van der Waals surface area contributed by atoms with Crippen molar-refractivity contribution < 1.29 is 14.3 Å². The highest BCUT2D eigenvalue weighted by Gasteiger charge is 2.15. The van der Waals surface area contributed by atoms with Crippen molar-refractivity contribution in [3.05, 3.63) is 107 Å². The third-order valence-corrected chi connectivity index (χ3v) is 5.55. The third-order valence-electron chi connectivity index (χ3n) is 5.27. The largest absolute Gasteiger partial charge is 0.490 e. The molecule has 0 bridgehead atoms. The van der Waals surface area contributed by atoms with Crippen LogP contribution in [0.5, 0.6) is 11.5 Å². The molecule has 0 spiro atoms. The van der Waals surface area contributed by atoms with Crippen molar-refractivity contribution in [1.82, 2.24) is 0 Å². The Balaban J connectivity index is 1.59. The first-order valence-electron chi connectivity index (χ1n) is 11.1. The number of amides is 1. The molecule has 0 aromatic heterocycles. The quantitative estimate of drug-likeness (QED) is 0.216. The van der Waals surface area contributed by atoms with Gasteiger partial charge in [-0.2, -0.15) is 5.26 Å². The molecule has 4 aromatic rings. The minimum atomic E-state index is -0.512. The SMILES string of the molecule is CCOc1cc(/C=C(\C#N)C(=O)Nc2cccc3ccccc23)cc(Cl)c1OCc1ccccc1. The molecule has 1 amide bonds. The maximum Gasteiger partial charge on any atom is 0.266 e. The number of nitrogens with zero attached hydrogens (tertiary/aromatic N) is 1. The monoisotopic (exact) mass is 482 g/mol. The first-order chi connectivity index (χ1) is 17.1. The molecule has 0 saturated heterocycles. The van der Waals surface area contributed by atoms with Gasteiger partial charge in [-0.3, -0.25) is 4.79 Å². The fourth-order valence-corrected chi connectivity index (χ4v) is 3.92. The van der Waals surface area contributed by atoms with Gasteiger partial charge in [-0.25, -0.2) is 0 Å². The summed E-state index contributed by atoms with van der Waals surface area (Å²) < 4.78 is 11.7. The Bertz CT molecular complexity index is 1420. The van der Waals surface area contributed by atoms with E-state index in [0.717, 1.165) is 16.3 Å². The predicted octanol–water partition coefficient (Wildman–Crippen LogP) is 7.02. The zero-order valence-electron chi connectivity index (χ0n) is 19.1. The van der Waals surface area contributed by atoms with Crippen LogP contribution in [0.25, 0.3) is 16.8 Å². The molecule has 0 aliphatic rings. The molecule has 0 unspecified atom stereocenters. The molecule has 0 radical (unpaired) electrons. The van der Waals surface area contributed by atoms with E-state index >= 15 is 0 Å². The molecule has 174 valence electrons. The smallest absolute Gasteiger partial charge is 0.266 e. The summed E-state index contributed by atoms with van der Waals surface area (Å²) in [5.74, 6) is 0.338. The Hall–Kier alpha value is -4.27. The van der Waals surface area contributed by atoms with Crippen LogP contribution >= 0.6 is 11.6 Å². The molecule has 0 saturated carbocycles. The second-order valence-electron chi connectivity index (χ2n) is 7.69. The Morgan fingerprint density at radius 2 is 1.74 bits per heavy atom. The van der Waals surface area contributed by atoms with Gasteiger partial charge in [0.05, 0.1) is 11.6 Å². The highest BCUT2D eigenvalue weighted by molar-refractivity contribution is 6.32. The molecule has 0 aliphatic carbocycles. The molecule has 4 aromatic carbocycles. The summed E-state index contributed by atoms with van der Waals surface area (Å²) in [5.41, 5.74) is 2.11. The van der Waals surface area contributed by atoms with Crippen molar-refractivity contribution in [3.63, 3.8) is 0 Å². The predicted molar refractivity (Wildman–Crippen MR) is 140 cm³/mol. The first-order valence-corrected chi connectivity index (χ1v) is 11.5. The summed E-state index contributed by atoms with van der Waals surface area (Å²) in [6.07, 6.45) is 1.48. The summed E-state index contributed by atoms with van der Waals surface area (Å²) in [5, 5.41) is 14.7. The summed E-state index contributed by atoms with van der Waals surface area (Å²) >= 11 is 6.52. The number of benzene rings is 4. The summed E-state index contributed by atoms with van der Waals surface area (Å²) in [7, 11) is 0. The molecule has 0 aliphatic heterocycles. The lowest BCUT2D eigenvalue weighted by Gasteiger charge is -2.15. The van der Waals surface area contributed by atoms with Gasteiger partial charge in [0.1, 0.15) is 18.2 Å². The number of ether oxygens (including phenoxy) is 2. The van der Waals surface area contributed by atoms with Crippen molar-refractivity contribution >= 4 is 40.0 Å². The Kier molecular flexibility index (Phi) is 7.67. The lowest BCUT2D eigenvalue weighted by Crippen LogP contribution is -2.13. The van der Waals surface area contributed by atoms with Gasteiger partial charge in [-0.15, -0.1) is 0 Å². The molecule has 6 heteroatoms. The Labute approximate surface area is 209 Å². The lowest BCUT2D eigenvalue weighted by atomic mass is 10.1. The molecule has 1 N–H and O–H groups in total. The highest BCUT2D eigenvalue weighted by Crippen LogP contribution is 2.38. The van der Waals surface area contributed by atoms with Crippen LogP contribution in [-0.4, -0.2) is 12.5 Å². The second kappa shape index (κ2) is 11.2. The van der Waals surface area contributed by atoms with E-state index in [2.05, 4.69) is 5.32 Å². The normalized spacial score (nSPS) is 11.1. The number of nitrogens with one attached hydrogen (secondary N) is 1. The van der Waals surface area contributed by atoms with E-state index in [1.54, 1.807) is 18.2 Å². The Morgan fingerprint density at radius 1 is 1.00 bits per heavy atom. The van der Waals surface area contributed by atoms with Gasteiger partial charge in [-0.1, -0.05) is 78.3 Å². The number of nitriles is 1. The van der Waals surface area contributed by atoms with Crippen LogP contribution in [0.2, 0.25) is 5.02 Å². The van der Waals surface area contributed by atoms with Gasteiger partial charge in [0.25, 0.3) is 5.91 Å². The topological polar surface area (TPSA) is 71.3 Å². The third kappa shape index (κ3) is 5.81. The van der Waals surface area contributed by atoms with Gasteiger partial charge < -0.3 is 14.8 Å². The number of rotatable bonds is 8. The van der Waals surface area contributed by atoms with Crippen molar-refractivity contribution in [2.24, 2.45) is 0 Å². The van der Waals surface area contributed by atoms with Crippen molar-refractivity contribution in [2.75, 3.05) is 11.9 Å². The first kappa shape index (κ1) is 23.9. The summed E-state index contributed by atoms with van der Waals surface area (Å²) in [6.45, 7) is 2.58. The molecular weight excluding hydrogens is 460 g/mol. The van der Waals surface area contributed by atoms with Crippen LogP contribution in [-0.2, 0) is 11.4 Å². The highest BCUT2D eigenvalue weighted by atomic mass is 35.5. The van der Waals surface area contributed by atoms with Crippen LogP contribution in [0.15, 0.2) is 90.5 Å². The minimum absolute atomic E-state index is 0.0607. The van der Waals surface area contributed by atoms with Gasteiger partial charge in [0.15, 0.2) is 11.5 Å². The average Bonchev–Trinajstić information content (AvgIpc) is 2.88. The van der Waals surface area contributed by atoms with E-state index in [1.165, 1.54) is 6.08 Å². The van der Waals surface area contributed by atoms with Gasteiger partial charge >= 0.3 is 0 Å². The zero-order valence-corrected chi connectivity index (χ0v) is 19.9. The number of fused-ring (bicyclic) bond motifs is 1. The number of carbonyl (C=O) groups is 1. The van der Waals surface area contributed by atoms with Crippen molar-refractivity contribution in [3.8, 4) is 17.6 Å². The average molecular weight is 483 g/mol. The molecule has 0 fully saturated rings. The number of anilines is 1. The summed E-state index contributed by atoms with van der Waals surface area (Å²) in [6, 6.07) is 28.4. The van der Waals surface area contributed by atoms with E-state index in [9.17, 15) is 10.1 Å². The van der Waals surface area contributed by atoms with Crippen LogP contribution in [0, 0.1) is 11.3 Å². The fraction of sp³-hybridized carbons (Fsp3) is 0.103. The second-order valence-corrected chi connectivity index (χ2v) is 8.10.